The summed E-state index contributed by atoms with van der Waals surface area (Å²) >= 11 is 7.60. The van der Waals surface area contributed by atoms with Gasteiger partial charge in [-0.05, 0) is 76.3 Å². The molecule has 4 aromatic carbocycles. The van der Waals surface area contributed by atoms with Gasteiger partial charge in [0.1, 0.15) is 3.23 Å². The average Bonchev–Trinajstić information content (AvgIpc) is 2.92. The lowest BCUT2D eigenvalue weighted by molar-refractivity contribution is 0.953. The SMILES string of the molecule is Cc1ccc2ccccc2c1C1=C2C=CC(Br)(Br)C=C2C=C[C@@H]1CP(c1ccccc1)c1ccccc1. The van der Waals surface area contributed by atoms with Crippen LogP contribution in [0.1, 0.15) is 11.1 Å². The largest absolute Gasteiger partial charge is 0.118 e. The van der Waals surface area contributed by atoms with Crippen molar-refractivity contribution in [3.63, 3.8) is 0 Å². The third kappa shape index (κ3) is 5.00. The maximum absolute atomic E-state index is 3.80. The number of allylic oxidation sites excluding steroid dienone is 8. The molecule has 0 saturated heterocycles. The molecule has 2 aliphatic rings. The number of halogens is 2. The molecule has 2 aliphatic carbocycles. The first kappa shape index (κ1) is 24.8. The first-order chi connectivity index (χ1) is 18.0. The van der Waals surface area contributed by atoms with Crippen molar-refractivity contribution >= 4 is 66.7 Å². The van der Waals surface area contributed by atoms with E-state index in [9.17, 15) is 0 Å². The molecule has 3 heteroatoms. The molecule has 37 heavy (non-hydrogen) atoms. The number of rotatable bonds is 5. The van der Waals surface area contributed by atoms with Crippen molar-refractivity contribution in [2.75, 3.05) is 6.16 Å². The number of aryl methyl sites for hydroxylation is 1. The second-order valence-corrected chi connectivity index (χ2v) is 15.6. The first-order valence-electron chi connectivity index (χ1n) is 12.6. The smallest absolute Gasteiger partial charge is 0.0760 e. The molecule has 182 valence electrons. The molecule has 0 heterocycles. The highest BCUT2D eigenvalue weighted by Crippen LogP contribution is 2.49. The number of hydrogen-bond acceptors (Lipinski definition) is 0. The zero-order valence-corrected chi connectivity index (χ0v) is 24.7. The molecule has 0 aromatic heterocycles. The lowest BCUT2D eigenvalue weighted by atomic mass is 9.77. The van der Waals surface area contributed by atoms with Gasteiger partial charge in [0.15, 0.2) is 0 Å². The molecule has 0 N–H and O–H groups in total. The Balaban J connectivity index is 1.55. The number of hydrogen-bond donors (Lipinski definition) is 0. The van der Waals surface area contributed by atoms with Crippen molar-refractivity contribution in [3.8, 4) is 0 Å². The number of fused-ring (bicyclic) bond motifs is 2. The van der Waals surface area contributed by atoms with E-state index in [4.69, 9.17) is 0 Å². The van der Waals surface area contributed by atoms with E-state index in [0.29, 0.717) is 5.92 Å². The van der Waals surface area contributed by atoms with Crippen molar-refractivity contribution in [3.05, 3.63) is 150 Å². The van der Waals surface area contributed by atoms with Gasteiger partial charge in [-0.1, -0.05) is 153 Å². The fourth-order valence-electron chi connectivity index (χ4n) is 5.51. The Bertz CT molecular complexity index is 1540. The highest BCUT2D eigenvalue weighted by molar-refractivity contribution is 9.25. The van der Waals surface area contributed by atoms with E-state index in [-0.39, 0.29) is 3.23 Å². The van der Waals surface area contributed by atoms with Gasteiger partial charge in [-0.15, -0.1) is 0 Å². The first-order valence-corrected chi connectivity index (χ1v) is 15.7. The highest BCUT2D eigenvalue weighted by Gasteiger charge is 2.31. The van der Waals surface area contributed by atoms with Crippen molar-refractivity contribution in [2.24, 2.45) is 5.92 Å². The van der Waals surface area contributed by atoms with Crippen LogP contribution in [0.3, 0.4) is 0 Å². The van der Waals surface area contributed by atoms with Gasteiger partial charge in [0, 0.05) is 5.92 Å². The molecular weight excluding hydrogens is 599 g/mol. The summed E-state index contributed by atoms with van der Waals surface area (Å²) in [6.45, 7) is 2.26. The summed E-state index contributed by atoms with van der Waals surface area (Å²) in [6, 6.07) is 35.5. The van der Waals surface area contributed by atoms with Gasteiger partial charge in [0.25, 0.3) is 0 Å². The fourth-order valence-corrected chi connectivity index (χ4v) is 8.74. The minimum absolute atomic E-state index is 0.297. The molecule has 4 aromatic rings. The van der Waals surface area contributed by atoms with Crippen molar-refractivity contribution in [1.82, 2.24) is 0 Å². The summed E-state index contributed by atoms with van der Waals surface area (Å²) in [7, 11) is -0.535. The Morgan fingerprint density at radius 1 is 0.757 bits per heavy atom. The van der Waals surface area contributed by atoms with Crippen LogP contribution in [0.2, 0.25) is 0 Å². The maximum atomic E-state index is 3.80. The van der Waals surface area contributed by atoms with Crippen LogP contribution in [0.25, 0.3) is 16.3 Å². The zero-order valence-electron chi connectivity index (χ0n) is 20.6. The predicted octanol–water partition coefficient (Wildman–Crippen LogP) is 9.20. The van der Waals surface area contributed by atoms with Gasteiger partial charge in [0.2, 0.25) is 0 Å². The molecule has 6 rings (SSSR count). The maximum Gasteiger partial charge on any atom is 0.118 e. The van der Waals surface area contributed by atoms with E-state index < -0.39 is 7.92 Å². The van der Waals surface area contributed by atoms with Crippen LogP contribution in [-0.4, -0.2) is 9.40 Å². The summed E-state index contributed by atoms with van der Waals surface area (Å²) in [4.78, 5) is 0. The minimum atomic E-state index is -0.535. The third-order valence-corrected chi connectivity index (χ3v) is 10.8. The summed E-state index contributed by atoms with van der Waals surface area (Å²) in [5.41, 5.74) is 6.74. The van der Waals surface area contributed by atoms with Crippen LogP contribution < -0.4 is 10.6 Å². The zero-order chi connectivity index (χ0) is 25.4. The van der Waals surface area contributed by atoms with Crippen LogP contribution in [-0.2, 0) is 0 Å². The molecule has 0 fully saturated rings. The molecule has 0 unspecified atom stereocenters. The van der Waals surface area contributed by atoms with Crippen LogP contribution in [0, 0.1) is 12.8 Å². The second-order valence-electron chi connectivity index (χ2n) is 9.66. The standard InChI is InChI=1S/C34H27Br2P/c1-24-16-17-25-10-8-9-15-30(25)32(24)33-27(19-18-26-22-34(35,36)21-20-31(26)33)23-37(28-11-4-2-5-12-28)29-13-6-3-7-14-29/h2-22,27H,23H2,1H3/t27-/m1/s1. The van der Waals surface area contributed by atoms with Gasteiger partial charge >= 0.3 is 0 Å². The summed E-state index contributed by atoms with van der Waals surface area (Å²) in [6.07, 6.45) is 12.6. The van der Waals surface area contributed by atoms with Crippen LogP contribution in [0.15, 0.2) is 139 Å². The minimum Gasteiger partial charge on any atom is -0.0760 e. The summed E-state index contributed by atoms with van der Waals surface area (Å²) < 4.78 is -0.310. The van der Waals surface area contributed by atoms with Crippen molar-refractivity contribution in [1.29, 1.82) is 0 Å². The Labute approximate surface area is 237 Å². The molecule has 0 spiro atoms. The van der Waals surface area contributed by atoms with Gasteiger partial charge in [-0.25, -0.2) is 0 Å². The van der Waals surface area contributed by atoms with E-state index in [0.717, 1.165) is 6.16 Å². The Morgan fingerprint density at radius 2 is 1.41 bits per heavy atom. The monoisotopic (exact) mass is 624 g/mol. The van der Waals surface area contributed by atoms with E-state index in [2.05, 4.69) is 166 Å². The second kappa shape index (κ2) is 10.3. The van der Waals surface area contributed by atoms with Gasteiger partial charge in [-0.2, -0.15) is 0 Å². The summed E-state index contributed by atoms with van der Waals surface area (Å²) in [5.74, 6) is 0.297. The summed E-state index contributed by atoms with van der Waals surface area (Å²) in [5, 5.41) is 5.47. The molecule has 0 aliphatic heterocycles. The Morgan fingerprint density at radius 3 is 2.11 bits per heavy atom. The average molecular weight is 626 g/mol. The van der Waals surface area contributed by atoms with E-state index in [1.807, 2.05) is 0 Å². The van der Waals surface area contributed by atoms with Crippen molar-refractivity contribution < 1.29 is 0 Å². The molecule has 0 bridgehead atoms. The lowest BCUT2D eigenvalue weighted by Crippen LogP contribution is -2.22. The number of benzene rings is 4. The molecule has 1 atom stereocenters. The van der Waals surface area contributed by atoms with Crippen molar-refractivity contribution in [2.45, 2.75) is 10.2 Å². The third-order valence-electron chi connectivity index (χ3n) is 7.22. The topological polar surface area (TPSA) is 0 Å². The molecule has 0 amide bonds. The lowest BCUT2D eigenvalue weighted by Gasteiger charge is -2.33. The van der Waals surface area contributed by atoms with E-state index >= 15 is 0 Å². The van der Waals surface area contributed by atoms with Crippen LogP contribution in [0.5, 0.6) is 0 Å². The molecule has 0 nitrogen and oxygen atoms in total. The quantitative estimate of drug-likeness (QED) is 0.153. The van der Waals surface area contributed by atoms with Gasteiger partial charge in [-0.3, -0.25) is 0 Å². The Kier molecular flexibility index (Phi) is 6.93. The fraction of sp³-hybridized carbons (Fsp3) is 0.118. The normalized spacial score (nSPS) is 18.3. The number of alkyl halides is 2. The van der Waals surface area contributed by atoms with Gasteiger partial charge < -0.3 is 0 Å². The Hall–Kier alpha value is -2.51. The van der Waals surface area contributed by atoms with E-state index in [1.54, 1.807) is 0 Å². The molecule has 0 saturated carbocycles. The highest BCUT2D eigenvalue weighted by atomic mass is 79.9. The van der Waals surface area contributed by atoms with E-state index in [1.165, 1.54) is 49.2 Å². The van der Waals surface area contributed by atoms with Gasteiger partial charge in [0.05, 0.1) is 0 Å². The molecular formula is C34H27Br2P. The van der Waals surface area contributed by atoms with Crippen LogP contribution >= 0.6 is 39.8 Å². The molecule has 0 radical (unpaired) electrons. The predicted molar refractivity (Wildman–Crippen MR) is 170 cm³/mol. The van der Waals surface area contributed by atoms with Crippen LogP contribution in [0.4, 0.5) is 0 Å².